The third-order valence-corrected chi connectivity index (χ3v) is 5.15. The number of hydrogen-bond donors (Lipinski definition) is 0. The molecule has 0 spiro atoms. The van der Waals surface area contributed by atoms with Gasteiger partial charge in [-0.15, -0.1) is 0 Å². The van der Waals surface area contributed by atoms with Crippen molar-refractivity contribution in [3.05, 3.63) is 35.4 Å². The van der Waals surface area contributed by atoms with Gasteiger partial charge in [-0.25, -0.2) is 0 Å². The zero-order valence-electron chi connectivity index (χ0n) is 12.2. The second-order valence-electron chi connectivity index (χ2n) is 5.50. The van der Waals surface area contributed by atoms with Crippen molar-refractivity contribution < 1.29 is 0 Å². The number of hydrogen-bond acceptors (Lipinski definition) is 1. The first-order chi connectivity index (χ1) is 8.55. The average molecular weight is 312 g/mol. The van der Waals surface area contributed by atoms with E-state index in [9.17, 15) is 0 Å². The second kappa shape index (κ2) is 7.30. The van der Waals surface area contributed by atoms with E-state index >= 15 is 0 Å². The van der Waals surface area contributed by atoms with Gasteiger partial charge < -0.3 is 4.90 Å². The van der Waals surface area contributed by atoms with Gasteiger partial charge >= 0.3 is 0 Å². The highest BCUT2D eigenvalue weighted by Crippen LogP contribution is 2.29. The van der Waals surface area contributed by atoms with E-state index in [-0.39, 0.29) is 0 Å². The van der Waals surface area contributed by atoms with Crippen LogP contribution in [0.15, 0.2) is 24.3 Å². The number of nitrogens with zero attached hydrogens (tertiary/aromatic N) is 1. The van der Waals surface area contributed by atoms with Crippen molar-refractivity contribution in [2.45, 2.75) is 40.2 Å². The maximum atomic E-state index is 3.69. The highest BCUT2D eigenvalue weighted by Gasteiger charge is 2.26. The molecule has 0 heterocycles. The van der Waals surface area contributed by atoms with Crippen molar-refractivity contribution in [3.8, 4) is 0 Å². The van der Waals surface area contributed by atoms with E-state index in [4.69, 9.17) is 0 Å². The van der Waals surface area contributed by atoms with Crippen molar-refractivity contribution in [3.63, 3.8) is 0 Å². The zero-order chi connectivity index (χ0) is 13.6. The quantitative estimate of drug-likeness (QED) is 0.664. The van der Waals surface area contributed by atoms with E-state index in [0.29, 0.717) is 5.41 Å². The molecule has 0 aliphatic carbocycles. The molecule has 1 aromatic carbocycles. The molecule has 0 atom stereocenters. The van der Waals surface area contributed by atoms with E-state index in [0.717, 1.165) is 18.4 Å². The van der Waals surface area contributed by atoms with Gasteiger partial charge in [-0.05, 0) is 37.8 Å². The smallest absolute Gasteiger partial charge is 0.0230 e. The standard InChI is InChI=1S/C16H26BrN/c1-5-16(6-2,12-17)13-18(4)11-15-9-7-14(3)8-10-15/h7-10H,5-6,11-13H2,1-4H3. The Kier molecular flexibility index (Phi) is 6.37. The fraction of sp³-hybridized carbons (Fsp3) is 0.625. The molecular formula is C16H26BrN. The maximum absolute atomic E-state index is 3.69. The summed E-state index contributed by atoms with van der Waals surface area (Å²) in [6.45, 7) is 8.92. The van der Waals surface area contributed by atoms with Gasteiger partial charge in [-0.2, -0.15) is 0 Å². The first-order valence-electron chi connectivity index (χ1n) is 6.85. The molecule has 18 heavy (non-hydrogen) atoms. The lowest BCUT2D eigenvalue weighted by Gasteiger charge is -2.34. The van der Waals surface area contributed by atoms with E-state index in [2.05, 4.69) is 72.9 Å². The molecule has 2 heteroatoms. The van der Waals surface area contributed by atoms with Crippen molar-refractivity contribution in [1.29, 1.82) is 0 Å². The van der Waals surface area contributed by atoms with Crippen LogP contribution >= 0.6 is 15.9 Å². The fourth-order valence-corrected chi connectivity index (χ4v) is 3.31. The molecule has 0 aliphatic rings. The van der Waals surface area contributed by atoms with E-state index in [1.54, 1.807) is 0 Å². The predicted molar refractivity (Wildman–Crippen MR) is 84.3 cm³/mol. The summed E-state index contributed by atoms with van der Waals surface area (Å²) in [6, 6.07) is 8.86. The first-order valence-corrected chi connectivity index (χ1v) is 7.97. The third kappa shape index (κ3) is 4.40. The van der Waals surface area contributed by atoms with E-state index < -0.39 is 0 Å². The van der Waals surface area contributed by atoms with Crippen molar-refractivity contribution in [1.82, 2.24) is 4.90 Å². The summed E-state index contributed by atoms with van der Waals surface area (Å²) < 4.78 is 0. The van der Waals surface area contributed by atoms with Gasteiger partial charge in [-0.3, -0.25) is 0 Å². The number of halogens is 1. The molecule has 1 rings (SSSR count). The molecule has 0 saturated carbocycles. The summed E-state index contributed by atoms with van der Waals surface area (Å²) in [5.74, 6) is 0. The maximum Gasteiger partial charge on any atom is 0.0230 e. The Morgan fingerprint density at radius 3 is 2.11 bits per heavy atom. The van der Waals surface area contributed by atoms with Gasteiger partial charge in [0.1, 0.15) is 0 Å². The van der Waals surface area contributed by atoms with Gasteiger partial charge in [0.2, 0.25) is 0 Å². The monoisotopic (exact) mass is 311 g/mol. The normalized spacial score (nSPS) is 12.1. The van der Waals surface area contributed by atoms with Gasteiger partial charge in [0.25, 0.3) is 0 Å². The van der Waals surface area contributed by atoms with Crippen LogP contribution in [-0.2, 0) is 6.54 Å². The SMILES string of the molecule is CCC(CC)(CBr)CN(C)Cc1ccc(C)cc1. The molecule has 0 saturated heterocycles. The van der Waals surface area contributed by atoms with Crippen LogP contribution in [0.3, 0.4) is 0 Å². The molecule has 1 nitrogen and oxygen atoms in total. The van der Waals surface area contributed by atoms with Gasteiger partial charge in [-0.1, -0.05) is 59.6 Å². The lowest BCUT2D eigenvalue weighted by atomic mass is 9.84. The Bertz CT molecular complexity index is 332. The molecule has 0 unspecified atom stereocenters. The summed E-state index contributed by atoms with van der Waals surface area (Å²) >= 11 is 3.69. The Hall–Kier alpha value is -0.340. The van der Waals surface area contributed by atoms with Gasteiger partial charge in [0, 0.05) is 18.4 Å². The molecule has 1 aromatic rings. The molecule has 0 N–H and O–H groups in total. The van der Waals surface area contributed by atoms with Crippen LogP contribution < -0.4 is 0 Å². The molecule has 0 aliphatic heterocycles. The van der Waals surface area contributed by atoms with Crippen molar-refractivity contribution >= 4 is 15.9 Å². The lowest BCUT2D eigenvalue weighted by molar-refractivity contribution is 0.180. The molecule has 0 radical (unpaired) electrons. The van der Waals surface area contributed by atoms with Crippen LogP contribution in [0.25, 0.3) is 0 Å². The summed E-state index contributed by atoms with van der Waals surface area (Å²) in [5, 5.41) is 1.09. The Labute approximate surface area is 121 Å². The van der Waals surface area contributed by atoms with E-state index in [1.807, 2.05) is 0 Å². The van der Waals surface area contributed by atoms with Crippen LogP contribution in [0, 0.1) is 12.3 Å². The van der Waals surface area contributed by atoms with Gasteiger partial charge in [0.05, 0.1) is 0 Å². The number of alkyl halides is 1. The van der Waals surface area contributed by atoms with Crippen LogP contribution in [-0.4, -0.2) is 23.8 Å². The minimum absolute atomic E-state index is 0.416. The Morgan fingerprint density at radius 1 is 1.11 bits per heavy atom. The van der Waals surface area contributed by atoms with Crippen LogP contribution in [0.1, 0.15) is 37.8 Å². The second-order valence-corrected chi connectivity index (χ2v) is 6.06. The predicted octanol–water partition coefficient (Wildman–Crippen LogP) is 4.63. The first kappa shape index (κ1) is 15.7. The molecule has 102 valence electrons. The molecule has 0 aromatic heterocycles. The Balaban J connectivity index is 2.60. The van der Waals surface area contributed by atoms with E-state index in [1.165, 1.54) is 24.0 Å². The minimum atomic E-state index is 0.416. The van der Waals surface area contributed by atoms with Crippen LogP contribution in [0.5, 0.6) is 0 Å². The van der Waals surface area contributed by atoms with Crippen LogP contribution in [0.2, 0.25) is 0 Å². The molecule has 0 amide bonds. The minimum Gasteiger partial charge on any atom is -0.302 e. The molecular weight excluding hydrogens is 286 g/mol. The largest absolute Gasteiger partial charge is 0.302 e. The van der Waals surface area contributed by atoms with Crippen LogP contribution in [0.4, 0.5) is 0 Å². The number of benzene rings is 1. The summed E-state index contributed by atoms with van der Waals surface area (Å²) in [4.78, 5) is 2.44. The third-order valence-electron chi connectivity index (χ3n) is 3.96. The van der Waals surface area contributed by atoms with Gasteiger partial charge in [0.15, 0.2) is 0 Å². The highest BCUT2D eigenvalue weighted by molar-refractivity contribution is 9.09. The summed E-state index contributed by atoms with van der Waals surface area (Å²) in [6.07, 6.45) is 2.46. The topological polar surface area (TPSA) is 3.24 Å². The molecule has 0 bridgehead atoms. The average Bonchev–Trinajstić information content (AvgIpc) is 2.39. The number of rotatable bonds is 7. The number of aryl methyl sites for hydroxylation is 1. The summed E-state index contributed by atoms with van der Waals surface area (Å²) in [7, 11) is 2.22. The highest BCUT2D eigenvalue weighted by atomic mass is 79.9. The summed E-state index contributed by atoms with van der Waals surface area (Å²) in [5.41, 5.74) is 3.15. The Morgan fingerprint density at radius 2 is 1.67 bits per heavy atom. The fourth-order valence-electron chi connectivity index (χ4n) is 2.34. The van der Waals surface area contributed by atoms with Crippen molar-refractivity contribution in [2.75, 3.05) is 18.9 Å². The molecule has 0 fully saturated rings. The zero-order valence-corrected chi connectivity index (χ0v) is 13.8. The van der Waals surface area contributed by atoms with Crippen molar-refractivity contribution in [2.24, 2.45) is 5.41 Å². The lowest BCUT2D eigenvalue weighted by Crippen LogP contribution is -2.35.